The van der Waals surface area contributed by atoms with Crippen molar-refractivity contribution in [3.63, 3.8) is 0 Å². The zero-order valence-corrected chi connectivity index (χ0v) is 13.0. The van der Waals surface area contributed by atoms with Crippen molar-refractivity contribution in [3.8, 4) is 0 Å². The Kier molecular flexibility index (Phi) is 3.97. The Bertz CT molecular complexity index is 745. The molecule has 21 heavy (non-hydrogen) atoms. The molecule has 2 heterocycles. The third-order valence-corrected chi connectivity index (χ3v) is 3.73. The van der Waals surface area contributed by atoms with Crippen molar-refractivity contribution < 1.29 is 4.42 Å². The molecule has 0 spiro atoms. The highest BCUT2D eigenvalue weighted by molar-refractivity contribution is 6.31. The SMILES string of the molecule is CC(C)c1nnc(CCCn2ccc3cc(Cl)ccc32)o1. The summed E-state index contributed by atoms with van der Waals surface area (Å²) in [5, 5.41) is 10.1. The lowest BCUT2D eigenvalue weighted by atomic mass is 10.2. The molecule has 0 N–H and O–H groups in total. The van der Waals surface area contributed by atoms with Crippen LogP contribution in [-0.2, 0) is 13.0 Å². The van der Waals surface area contributed by atoms with Gasteiger partial charge in [0.05, 0.1) is 0 Å². The van der Waals surface area contributed by atoms with Crippen LogP contribution >= 0.6 is 11.6 Å². The maximum Gasteiger partial charge on any atom is 0.219 e. The second kappa shape index (κ2) is 5.90. The Labute approximate surface area is 128 Å². The lowest BCUT2D eigenvalue weighted by Gasteiger charge is -2.04. The van der Waals surface area contributed by atoms with Crippen LogP contribution in [0.1, 0.15) is 38.0 Å². The van der Waals surface area contributed by atoms with Gasteiger partial charge in [-0.15, -0.1) is 10.2 Å². The van der Waals surface area contributed by atoms with E-state index in [-0.39, 0.29) is 5.92 Å². The molecule has 0 aliphatic rings. The molecule has 0 radical (unpaired) electrons. The summed E-state index contributed by atoms with van der Waals surface area (Å²) in [6, 6.07) is 8.06. The van der Waals surface area contributed by atoms with Crippen molar-refractivity contribution in [2.75, 3.05) is 0 Å². The second-order valence-corrected chi connectivity index (χ2v) is 5.94. The van der Waals surface area contributed by atoms with E-state index in [1.165, 1.54) is 10.9 Å². The third-order valence-electron chi connectivity index (χ3n) is 3.50. The number of aryl methyl sites for hydroxylation is 2. The van der Waals surface area contributed by atoms with E-state index in [1.807, 2.05) is 26.0 Å². The van der Waals surface area contributed by atoms with Gasteiger partial charge in [-0.3, -0.25) is 0 Å². The lowest BCUT2D eigenvalue weighted by molar-refractivity contribution is 0.424. The van der Waals surface area contributed by atoms with Gasteiger partial charge in [0.25, 0.3) is 0 Å². The van der Waals surface area contributed by atoms with Gasteiger partial charge < -0.3 is 8.98 Å². The van der Waals surface area contributed by atoms with Gasteiger partial charge in [0.1, 0.15) is 0 Å². The average molecular weight is 304 g/mol. The van der Waals surface area contributed by atoms with Gasteiger partial charge in [0.15, 0.2) is 0 Å². The summed E-state index contributed by atoms with van der Waals surface area (Å²) < 4.78 is 7.85. The molecule has 4 nitrogen and oxygen atoms in total. The minimum Gasteiger partial charge on any atom is -0.425 e. The van der Waals surface area contributed by atoms with Crippen molar-refractivity contribution in [2.45, 2.75) is 39.2 Å². The first-order valence-electron chi connectivity index (χ1n) is 7.20. The summed E-state index contributed by atoms with van der Waals surface area (Å²) in [6.07, 6.45) is 3.85. The van der Waals surface area contributed by atoms with Crippen LogP contribution in [0.3, 0.4) is 0 Å². The Morgan fingerprint density at radius 1 is 1.24 bits per heavy atom. The number of nitrogens with zero attached hydrogens (tertiary/aromatic N) is 3. The predicted molar refractivity (Wildman–Crippen MR) is 83.7 cm³/mol. The fourth-order valence-electron chi connectivity index (χ4n) is 2.37. The molecular weight excluding hydrogens is 286 g/mol. The van der Waals surface area contributed by atoms with Crippen LogP contribution in [-0.4, -0.2) is 14.8 Å². The van der Waals surface area contributed by atoms with Gasteiger partial charge in [-0.05, 0) is 30.7 Å². The van der Waals surface area contributed by atoms with Crippen molar-refractivity contribution in [1.82, 2.24) is 14.8 Å². The van der Waals surface area contributed by atoms with Gasteiger partial charge >= 0.3 is 0 Å². The number of aromatic nitrogens is 3. The van der Waals surface area contributed by atoms with Crippen molar-refractivity contribution in [3.05, 3.63) is 47.3 Å². The van der Waals surface area contributed by atoms with E-state index >= 15 is 0 Å². The van der Waals surface area contributed by atoms with Gasteiger partial charge in [0.2, 0.25) is 11.8 Å². The first kappa shape index (κ1) is 14.1. The van der Waals surface area contributed by atoms with Crippen molar-refractivity contribution in [1.29, 1.82) is 0 Å². The van der Waals surface area contributed by atoms with E-state index < -0.39 is 0 Å². The zero-order valence-electron chi connectivity index (χ0n) is 12.2. The van der Waals surface area contributed by atoms with Crippen LogP contribution in [0, 0.1) is 0 Å². The van der Waals surface area contributed by atoms with Gasteiger partial charge in [0, 0.05) is 41.0 Å². The minimum absolute atomic E-state index is 0.282. The van der Waals surface area contributed by atoms with Crippen LogP contribution in [0.15, 0.2) is 34.9 Å². The lowest BCUT2D eigenvalue weighted by Crippen LogP contribution is -1.98. The number of fused-ring (bicyclic) bond motifs is 1. The summed E-state index contributed by atoms with van der Waals surface area (Å²) in [4.78, 5) is 0. The largest absolute Gasteiger partial charge is 0.425 e. The van der Waals surface area contributed by atoms with E-state index in [4.69, 9.17) is 16.0 Å². The molecule has 110 valence electrons. The molecule has 0 aliphatic heterocycles. The maximum atomic E-state index is 6.00. The molecule has 2 aromatic heterocycles. The van der Waals surface area contributed by atoms with E-state index in [9.17, 15) is 0 Å². The van der Waals surface area contributed by atoms with Gasteiger partial charge in [-0.1, -0.05) is 25.4 Å². The number of hydrogen-bond donors (Lipinski definition) is 0. The molecule has 0 aliphatic carbocycles. The molecule has 1 aromatic carbocycles. The highest BCUT2D eigenvalue weighted by atomic mass is 35.5. The Hall–Kier alpha value is -1.81. The predicted octanol–water partition coefficient (Wildman–Crippen LogP) is 4.43. The smallest absolute Gasteiger partial charge is 0.219 e. The van der Waals surface area contributed by atoms with Crippen LogP contribution in [0.4, 0.5) is 0 Å². The Balaban J connectivity index is 1.63. The quantitative estimate of drug-likeness (QED) is 0.700. The molecular formula is C16H18ClN3O. The van der Waals surface area contributed by atoms with Crippen molar-refractivity contribution >= 4 is 22.5 Å². The summed E-state index contributed by atoms with van der Waals surface area (Å²) >= 11 is 6.00. The number of rotatable bonds is 5. The van der Waals surface area contributed by atoms with E-state index in [0.717, 1.165) is 30.3 Å². The molecule has 0 bridgehead atoms. The monoisotopic (exact) mass is 303 g/mol. The van der Waals surface area contributed by atoms with Crippen LogP contribution < -0.4 is 0 Å². The highest BCUT2D eigenvalue weighted by Crippen LogP contribution is 2.21. The van der Waals surface area contributed by atoms with Crippen LogP contribution in [0.5, 0.6) is 0 Å². The first-order valence-corrected chi connectivity index (χ1v) is 7.58. The highest BCUT2D eigenvalue weighted by Gasteiger charge is 2.09. The van der Waals surface area contributed by atoms with Crippen LogP contribution in [0.2, 0.25) is 5.02 Å². The molecule has 0 amide bonds. The van der Waals surface area contributed by atoms with Gasteiger partial charge in [-0.2, -0.15) is 0 Å². The molecule has 0 saturated heterocycles. The van der Waals surface area contributed by atoms with E-state index in [1.54, 1.807) is 0 Å². The fourth-order valence-corrected chi connectivity index (χ4v) is 2.55. The molecule has 0 unspecified atom stereocenters. The number of benzene rings is 1. The molecule has 5 heteroatoms. The normalized spacial score (nSPS) is 11.6. The van der Waals surface area contributed by atoms with Crippen LogP contribution in [0.25, 0.3) is 10.9 Å². The number of hydrogen-bond acceptors (Lipinski definition) is 3. The van der Waals surface area contributed by atoms with Gasteiger partial charge in [-0.25, -0.2) is 0 Å². The molecule has 0 fully saturated rings. The molecule has 3 rings (SSSR count). The first-order chi connectivity index (χ1) is 10.1. The van der Waals surface area contributed by atoms with E-state index in [0.29, 0.717) is 5.89 Å². The topological polar surface area (TPSA) is 43.9 Å². The standard InChI is InChI=1S/C16H18ClN3O/c1-11(2)16-19-18-15(21-16)4-3-8-20-9-7-12-10-13(17)5-6-14(12)20/h5-7,9-11H,3-4,8H2,1-2H3. The van der Waals surface area contributed by atoms with E-state index in [2.05, 4.69) is 33.1 Å². The molecule has 0 atom stereocenters. The summed E-state index contributed by atoms with van der Waals surface area (Å²) in [5.41, 5.74) is 1.20. The Morgan fingerprint density at radius 3 is 2.86 bits per heavy atom. The minimum atomic E-state index is 0.282. The summed E-state index contributed by atoms with van der Waals surface area (Å²) in [6.45, 7) is 5.02. The summed E-state index contributed by atoms with van der Waals surface area (Å²) in [5.74, 6) is 1.72. The molecule has 3 aromatic rings. The fraction of sp³-hybridized carbons (Fsp3) is 0.375. The average Bonchev–Trinajstić information content (AvgIpc) is 3.06. The van der Waals surface area contributed by atoms with Crippen molar-refractivity contribution in [2.24, 2.45) is 0 Å². The zero-order chi connectivity index (χ0) is 14.8. The summed E-state index contributed by atoms with van der Waals surface area (Å²) in [7, 11) is 0. The maximum absolute atomic E-state index is 6.00. The number of halogens is 1. The molecule has 0 saturated carbocycles. The Morgan fingerprint density at radius 2 is 2.10 bits per heavy atom. The second-order valence-electron chi connectivity index (χ2n) is 5.50. The third kappa shape index (κ3) is 3.10.